The van der Waals surface area contributed by atoms with Gasteiger partial charge in [-0.1, -0.05) is 57.4 Å². The van der Waals surface area contributed by atoms with E-state index in [-0.39, 0.29) is 5.97 Å². The number of carbonyl (C=O) groups is 1. The van der Waals surface area contributed by atoms with Gasteiger partial charge in [0.2, 0.25) is 0 Å². The minimum atomic E-state index is -1.11. The van der Waals surface area contributed by atoms with Crippen molar-refractivity contribution >= 4 is 16.9 Å². The Labute approximate surface area is 215 Å². The van der Waals surface area contributed by atoms with Crippen LogP contribution < -0.4 is 10.4 Å². The summed E-state index contributed by atoms with van der Waals surface area (Å²) in [5.41, 5.74) is 0.0641. The highest BCUT2D eigenvalue weighted by Crippen LogP contribution is 2.22. The smallest absolute Gasteiger partial charge is 0.336 e. The Balaban J connectivity index is 1.74. The summed E-state index contributed by atoms with van der Waals surface area (Å²) in [5.74, 6) is 0.381. The van der Waals surface area contributed by atoms with Gasteiger partial charge in [-0.3, -0.25) is 4.79 Å². The summed E-state index contributed by atoms with van der Waals surface area (Å²) in [6.45, 7) is 7.94. The molecule has 1 heterocycles. The van der Waals surface area contributed by atoms with E-state index in [2.05, 4.69) is 6.92 Å². The number of carbonyl (C=O) groups excluding carboxylic acids is 1. The number of hydrogen-bond acceptors (Lipinski definition) is 6. The monoisotopic (exact) mass is 500 g/mol. The molecule has 2 rings (SSSR count). The van der Waals surface area contributed by atoms with E-state index >= 15 is 0 Å². The molecular weight excluding hydrogens is 456 g/mol. The number of aliphatic hydroxyl groups is 1. The first-order valence-electron chi connectivity index (χ1n) is 13.4. The minimum absolute atomic E-state index is 0.235. The number of benzene rings is 1. The Morgan fingerprint density at radius 1 is 1.03 bits per heavy atom. The Hall–Kier alpha value is -2.60. The summed E-state index contributed by atoms with van der Waals surface area (Å²) in [6, 6.07) is 8.50. The van der Waals surface area contributed by atoms with Gasteiger partial charge in [0, 0.05) is 23.9 Å². The van der Waals surface area contributed by atoms with E-state index in [1.807, 2.05) is 25.1 Å². The van der Waals surface area contributed by atoms with Gasteiger partial charge in [0.25, 0.3) is 0 Å². The van der Waals surface area contributed by atoms with Crippen molar-refractivity contribution in [1.29, 1.82) is 0 Å². The van der Waals surface area contributed by atoms with Crippen LogP contribution in [0.25, 0.3) is 11.0 Å². The van der Waals surface area contributed by atoms with Crippen molar-refractivity contribution < 1.29 is 23.8 Å². The maximum Gasteiger partial charge on any atom is 0.336 e. The van der Waals surface area contributed by atoms with E-state index in [9.17, 15) is 14.7 Å². The van der Waals surface area contributed by atoms with Crippen LogP contribution in [0.5, 0.6) is 5.75 Å². The standard InChI is InChI=1S/C30H44O6/c1-5-6-7-8-9-10-11-12-13-28(31)36-27(30(3,4)33)18-14-23(2)20-21-34-25-17-15-24-16-19-29(32)35-26(24)22-25/h15-17,19-20,22,27,33H,5-14,18,21H2,1-4H3/b23-20+/t27-/m1/s1. The van der Waals surface area contributed by atoms with Gasteiger partial charge in [-0.05, 0) is 64.3 Å². The number of allylic oxidation sites excluding steroid dienone is 1. The van der Waals surface area contributed by atoms with Gasteiger partial charge in [-0.2, -0.15) is 0 Å². The molecule has 0 saturated heterocycles. The van der Waals surface area contributed by atoms with Crippen LogP contribution in [-0.2, 0) is 9.53 Å². The van der Waals surface area contributed by atoms with E-state index in [0.29, 0.717) is 37.2 Å². The zero-order chi connectivity index (χ0) is 26.4. The molecular formula is C30H44O6. The van der Waals surface area contributed by atoms with Crippen molar-refractivity contribution in [2.24, 2.45) is 0 Å². The molecule has 0 fully saturated rings. The first kappa shape index (κ1) is 29.6. The molecule has 1 atom stereocenters. The van der Waals surface area contributed by atoms with E-state index < -0.39 is 17.3 Å². The molecule has 0 aliphatic heterocycles. The third kappa shape index (κ3) is 11.4. The average Bonchev–Trinajstić information content (AvgIpc) is 2.82. The highest BCUT2D eigenvalue weighted by Gasteiger charge is 2.30. The first-order valence-corrected chi connectivity index (χ1v) is 13.4. The lowest BCUT2D eigenvalue weighted by atomic mass is 9.95. The Kier molecular flexibility index (Phi) is 12.8. The largest absolute Gasteiger partial charge is 0.489 e. The highest BCUT2D eigenvalue weighted by atomic mass is 16.6. The van der Waals surface area contributed by atoms with Crippen molar-refractivity contribution in [1.82, 2.24) is 0 Å². The maximum absolute atomic E-state index is 12.4. The quantitative estimate of drug-likeness (QED) is 0.108. The minimum Gasteiger partial charge on any atom is -0.489 e. The second kappa shape index (κ2) is 15.5. The molecule has 1 aromatic carbocycles. The number of rotatable bonds is 17. The van der Waals surface area contributed by atoms with Crippen molar-refractivity contribution in [3.8, 4) is 5.75 Å². The third-order valence-electron chi connectivity index (χ3n) is 6.37. The third-order valence-corrected chi connectivity index (χ3v) is 6.37. The van der Waals surface area contributed by atoms with Crippen LogP contribution >= 0.6 is 0 Å². The molecule has 36 heavy (non-hydrogen) atoms. The van der Waals surface area contributed by atoms with Crippen LogP contribution in [0.3, 0.4) is 0 Å². The van der Waals surface area contributed by atoms with Crippen LogP contribution in [0.15, 0.2) is 51.2 Å². The summed E-state index contributed by atoms with van der Waals surface area (Å²) in [5, 5.41) is 11.4. The molecule has 2 aromatic rings. The molecule has 0 aliphatic carbocycles. The Morgan fingerprint density at radius 3 is 2.39 bits per heavy atom. The number of esters is 1. The number of unbranched alkanes of at least 4 members (excludes halogenated alkanes) is 7. The topological polar surface area (TPSA) is 86.0 Å². The Bertz CT molecular complexity index is 1010. The summed E-state index contributed by atoms with van der Waals surface area (Å²) in [6.07, 6.45) is 12.4. The second-order valence-corrected chi connectivity index (χ2v) is 10.2. The van der Waals surface area contributed by atoms with Gasteiger partial charge < -0.3 is 19.0 Å². The van der Waals surface area contributed by atoms with Crippen LogP contribution in [0.4, 0.5) is 0 Å². The van der Waals surface area contributed by atoms with Crippen molar-refractivity contribution in [3.63, 3.8) is 0 Å². The van der Waals surface area contributed by atoms with Gasteiger partial charge in [-0.15, -0.1) is 0 Å². The van der Waals surface area contributed by atoms with Crippen LogP contribution in [0, 0.1) is 0 Å². The van der Waals surface area contributed by atoms with Gasteiger partial charge >= 0.3 is 11.6 Å². The number of hydrogen-bond donors (Lipinski definition) is 1. The lowest BCUT2D eigenvalue weighted by Crippen LogP contribution is -2.39. The Morgan fingerprint density at radius 2 is 1.69 bits per heavy atom. The molecule has 0 aliphatic rings. The highest BCUT2D eigenvalue weighted by molar-refractivity contribution is 5.77. The molecule has 0 spiro atoms. The molecule has 0 unspecified atom stereocenters. The molecule has 200 valence electrons. The number of fused-ring (bicyclic) bond motifs is 1. The molecule has 6 nitrogen and oxygen atoms in total. The molecule has 0 saturated carbocycles. The fourth-order valence-corrected chi connectivity index (χ4v) is 4.05. The summed E-state index contributed by atoms with van der Waals surface area (Å²) >= 11 is 0. The van der Waals surface area contributed by atoms with Crippen LogP contribution in [0.2, 0.25) is 0 Å². The van der Waals surface area contributed by atoms with Gasteiger partial charge in [0.1, 0.15) is 24.0 Å². The molecule has 1 aromatic heterocycles. The van der Waals surface area contributed by atoms with Gasteiger partial charge in [-0.25, -0.2) is 4.79 Å². The van der Waals surface area contributed by atoms with Crippen LogP contribution in [0.1, 0.15) is 98.3 Å². The molecule has 6 heteroatoms. The maximum atomic E-state index is 12.4. The zero-order valence-corrected chi connectivity index (χ0v) is 22.5. The van der Waals surface area contributed by atoms with E-state index in [4.69, 9.17) is 13.9 Å². The summed E-state index contributed by atoms with van der Waals surface area (Å²) < 4.78 is 16.6. The van der Waals surface area contributed by atoms with Crippen molar-refractivity contribution in [2.75, 3.05) is 6.61 Å². The van der Waals surface area contributed by atoms with E-state index in [0.717, 1.165) is 30.2 Å². The molecule has 1 N–H and O–H groups in total. The van der Waals surface area contributed by atoms with Gasteiger partial charge in [0.15, 0.2) is 0 Å². The second-order valence-electron chi connectivity index (χ2n) is 10.2. The van der Waals surface area contributed by atoms with Crippen molar-refractivity contribution in [3.05, 3.63) is 52.4 Å². The van der Waals surface area contributed by atoms with Crippen LogP contribution in [-0.4, -0.2) is 29.4 Å². The van der Waals surface area contributed by atoms with Crippen molar-refractivity contribution in [2.45, 2.75) is 110 Å². The predicted molar refractivity (Wildman–Crippen MR) is 144 cm³/mol. The summed E-state index contributed by atoms with van der Waals surface area (Å²) in [4.78, 5) is 23.8. The average molecular weight is 501 g/mol. The molecule has 0 radical (unpaired) electrons. The van der Waals surface area contributed by atoms with Gasteiger partial charge in [0.05, 0.1) is 5.60 Å². The zero-order valence-electron chi connectivity index (χ0n) is 22.5. The number of ether oxygens (including phenoxy) is 2. The fourth-order valence-electron chi connectivity index (χ4n) is 4.05. The molecule has 0 amide bonds. The van der Waals surface area contributed by atoms with E-state index in [1.165, 1.54) is 38.2 Å². The fraction of sp³-hybridized carbons (Fsp3) is 0.600. The lowest BCUT2D eigenvalue weighted by Gasteiger charge is -2.29. The first-order chi connectivity index (χ1) is 17.2. The van der Waals surface area contributed by atoms with E-state index in [1.54, 1.807) is 26.0 Å². The SMILES string of the molecule is CCCCCCCCCCC(=O)O[C@H](CC/C(C)=C/COc1ccc2ccc(=O)oc2c1)C(C)(C)O. The predicted octanol–water partition coefficient (Wildman–Crippen LogP) is 7.11. The lowest BCUT2D eigenvalue weighted by molar-refractivity contribution is -0.162. The summed E-state index contributed by atoms with van der Waals surface area (Å²) in [7, 11) is 0. The normalized spacial score (nSPS) is 13.1. The molecule has 0 bridgehead atoms.